The molecule has 0 aliphatic carbocycles. The Morgan fingerprint density at radius 2 is 1.71 bits per heavy atom. The van der Waals surface area contributed by atoms with Crippen molar-refractivity contribution in [3.63, 3.8) is 0 Å². The molecule has 0 aliphatic heterocycles. The molecule has 0 atom stereocenters. The van der Waals surface area contributed by atoms with Crippen molar-refractivity contribution in [2.45, 2.75) is 12.8 Å². The molecule has 1 amide bonds. The van der Waals surface area contributed by atoms with Crippen LogP contribution in [0.2, 0.25) is 0 Å². The van der Waals surface area contributed by atoms with Crippen LogP contribution < -0.4 is 25.1 Å². The van der Waals surface area contributed by atoms with Gasteiger partial charge < -0.3 is 24.4 Å². The van der Waals surface area contributed by atoms with E-state index >= 15 is 0 Å². The van der Waals surface area contributed by atoms with Gasteiger partial charge in [0.15, 0.2) is 5.75 Å². The zero-order valence-electron chi connectivity index (χ0n) is 23.2. The fourth-order valence-electron chi connectivity index (χ4n) is 4.37. The van der Waals surface area contributed by atoms with Gasteiger partial charge in [-0.1, -0.05) is 12.1 Å². The Morgan fingerprint density at radius 3 is 2.37 bits per heavy atom. The Kier molecular flexibility index (Phi) is 9.15. The zero-order chi connectivity index (χ0) is 29.5. The number of carbonyl (C=O) groups is 1. The van der Waals surface area contributed by atoms with Crippen molar-refractivity contribution in [2.75, 3.05) is 46.8 Å². The van der Waals surface area contributed by atoms with E-state index in [1.807, 2.05) is 42.3 Å². The number of hydrogen-bond acceptors (Lipinski definition) is 9. The Balaban J connectivity index is 1.46. The number of hydrogen-bond donors (Lipinski definition) is 1. The number of ether oxygens (including phenoxy) is 3. The van der Waals surface area contributed by atoms with E-state index in [9.17, 15) is 19.7 Å². The van der Waals surface area contributed by atoms with E-state index in [0.29, 0.717) is 47.7 Å². The molecule has 0 aliphatic rings. The van der Waals surface area contributed by atoms with E-state index in [4.69, 9.17) is 19.2 Å². The molecular weight excluding hydrogens is 530 g/mol. The Hall–Kier alpha value is -4.97. The van der Waals surface area contributed by atoms with Crippen molar-refractivity contribution in [3.05, 3.63) is 87.0 Å². The molecule has 4 aromatic rings. The predicted molar refractivity (Wildman–Crippen MR) is 155 cm³/mol. The number of nitro benzene ring substituents is 1. The minimum absolute atomic E-state index is 0.00834. The van der Waals surface area contributed by atoms with Crippen LogP contribution in [0.5, 0.6) is 17.2 Å². The Bertz CT molecular complexity index is 1620. The van der Waals surface area contributed by atoms with Gasteiger partial charge in [-0.25, -0.2) is 4.98 Å². The van der Waals surface area contributed by atoms with Crippen LogP contribution >= 0.6 is 0 Å². The van der Waals surface area contributed by atoms with Crippen LogP contribution in [-0.4, -0.2) is 66.7 Å². The maximum absolute atomic E-state index is 13.5. The number of anilines is 1. The molecule has 41 heavy (non-hydrogen) atoms. The average molecular weight is 562 g/mol. The Labute approximate surface area is 236 Å². The molecule has 3 aromatic carbocycles. The lowest BCUT2D eigenvalue weighted by atomic mass is 10.2. The van der Waals surface area contributed by atoms with Crippen LogP contribution in [0.1, 0.15) is 12.2 Å². The number of nitrogens with zero attached hydrogens (tertiary/aromatic N) is 4. The molecule has 0 unspecified atom stereocenters. The highest BCUT2D eigenvalue weighted by Gasteiger charge is 2.21. The lowest BCUT2D eigenvalue weighted by Crippen LogP contribution is -2.29. The van der Waals surface area contributed by atoms with E-state index in [0.717, 1.165) is 0 Å². The SMILES string of the molecule is COc1ccc(-n2c(CCN(C)CCC(=O)Nc3cc(OC)c([N+](=O)[O-])cc3OC)nc3ccccc3c2=O)cc1. The maximum Gasteiger partial charge on any atom is 0.314 e. The first-order valence-electron chi connectivity index (χ1n) is 12.8. The van der Waals surface area contributed by atoms with Crippen LogP contribution in [0.25, 0.3) is 16.6 Å². The normalized spacial score (nSPS) is 11.0. The fraction of sp³-hybridized carbons (Fsp3) is 0.276. The highest BCUT2D eigenvalue weighted by Crippen LogP contribution is 2.37. The first-order chi connectivity index (χ1) is 19.7. The number of methoxy groups -OCH3 is 3. The van der Waals surface area contributed by atoms with Crippen LogP contribution in [-0.2, 0) is 11.2 Å². The molecule has 0 saturated carbocycles. The van der Waals surface area contributed by atoms with Gasteiger partial charge in [0.1, 0.15) is 17.3 Å². The molecule has 1 aromatic heterocycles. The summed E-state index contributed by atoms with van der Waals surface area (Å²) < 4.78 is 17.2. The van der Waals surface area contributed by atoms with Crippen molar-refractivity contribution in [1.82, 2.24) is 14.5 Å². The third-order valence-electron chi connectivity index (χ3n) is 6.59. The topological polar surface area (TPSA) is 138 Å². The van der Waals surface area contributed by atoms with Crippen molar-refractivity contribution >= 4 is 28.2 Å². The summed E-state index contributed by atoms with van der Waals surface area (Å²) in [6, 6.07) is 17.0. The van der Waals surface area contributed by atoms with E-state index in [1.165, 1.54) is 26.4 Å². The molecular formula is C29H31N5O7. The third kappa shape index (κ3) is 6.61. The molecule has 0 radical (unpaired) electrons. The molecule has 0 saturated heterocycles. The van der Waals surface area contributed by atoms with Crippen molar-refractivity contribution < 1.29 is 23.9 Å². The molecule has 4 rings (SSSR count). The highest BCUT2D eigenvalue weighted by atomic mass is 16.6. The summed E-state index contributed by atoms with van der Waals surface area (Å²) in [4.78, 5) is 43.6. The van der Waals surface area contributed by atoms with Crippen molar-refractivity contribution in [3.8, 4) is 22.9 Å². The van der Waals surface area contributed by atoms with Gasteiger partial charge >= 0.3 is 5.69 Å². The van der Waals surface area contributed by atoms with Gasteiger partial charge in [0.05, 0.1) is 54.6 Å². The summed E-state index contributed by atoms with van der Waals surface area (Å²) in [6.45, 7) is 0.946. The van der Waals surface area contributed by atoms with Gasteiger partial charge in [-0.3, -0.25) is 24.3 Å². The second-order valence-electron chi connectivity index (χ2n) is 9.22. The third-order valence-corrected chi connectivity index (χ3v) is 6.59. The second-order valence-corrected chi connectivity index (χ2v) is 9.22. The van der Waals surface area contributed by atoms with Gasteiger partial charge in [0, 0.05) is 32.0 Å². The van der Waals surface area contributed by atoms with Crippen molar-refractivity contribution in [2.24, 2.45) is 0 Å². The summed E-state index contributed by atoms with van der Waals surface area (Å²) in [5.74, 6) is 1.13. The molecule has 12 heteroatoms. The number of aromatic nitrogens is 2. The van der Waals surface area contributed by atoms with Crippen LogP contribution in [0.15, 0.2) is 65.5 Å². The van der Waals surface area contributed by atoms with Gasteiger partial charge in [0.25, 0.3) is 5.56 Å². The van der Waals surface area contributed by atoms with Gasteiger partial charge in [-0.2, -0.15) is 0 Å². The molecule has 0 spiro atoms. The fourth-order valence-corrected chi connectivity index (χ4v) is 4.37. The Morgan fingerprint density at radius 1 is 1.00 bits per heavy atom. The molecule has 0 fully saturated rings. The summed E-state index contributed by atoms with van der Waals surface area (Å²) in [6.07, 6.45) is 0.604. The van der Waals surface area contributed by atoms with Crippen LogP contribution in [0.3, 0.4) is 0 Å². The molecule has 0 bridgehead atoms. The number of carbonyl (C=O) groups excluding carboxylic acids is 1. The number of likely N-dealkylation sites (N-methyl/N-ethyl adjacent to an activating group) is 1. The monoisotopic (exact) mass is 561 g/mol. The number of fused-ring (bicyclic) bond motifs is 1. The number of nitrogens with one attached hydrogen (secondary N) is 1. The summed E-state index contributed by atoms with van der Waals surface area (Å²) in [7, 11) is 6.13. The lowest BCUT2D eigenvalue weighted by Gasteiger charge is -2.19. The summed E-state index contributed by atoms with van der Waals surface area (Å²) in [5.41, 5.74) is 1.14. The number of para-hydroxylation sites is 1. The summed E-state index contributed by atoms with van der Waals surface area (Å²) >= 11 is 0. The molecule has 12 nitrogen and oxygen atoms in total. The minimum Gasteiger partial charge on any atom is -0.497 e. The second kappa shape index (κ2) is 12.9. The zero-order valence-corrected chi connectivity index (χ0v) is 23.2. The van der Waals surface area contributed by atoms with Crippen LogP contribution in [0.4, 0.5) is 11.4 Å². The first kappa shape index (κ1) is 29.0. The van der Waals surface area contributed by atoms with E-state index < -0.39 is 4.92 Å². The number of rotatable bonds is 12. The first-order valence-corrected chi connectivity index (χ1v) is 12.8. The minimum atomic E-state index is -0.583. The standard InChI is InChI=1S/C29H31N5O7/c1-32(16-14-28(35)31-23-17-26(41-4)24(34(37)38)18-25(23)40-3)15-13-27-30-22-8-6-5-7-21(22)29(36)33(27)19-9-11-20(39-2)12-10-19/h5-12,17-18H,13-16H2,1-4H3,(H,31,35). The quantitative estimate of drug-likeness (QED) is 0.202. The molecule has 1 N–H and O–H groups in total. The maximum atomic E-state index is 13.5. The van der Waals surface area contributed by atoms with E-state index in [1.54, 1.807) is 29.9 Å². The van der Waals surface area contributed by atoms with Crippen molar-refractivity contribution in [1.29, 1.82) is 0 Å². The molecule has 214 valence electrons. The highest BCUT2D eigenvalue weighted by molar-refractivity contribution is 5.93. The van der Waals surface area contributed by atoms with Crippen LogP contribution in [0, 0.1) is 10.1 Å². The number of nitro groups is 1. The lowest BCUT2D eigenvalue weighted by molar-refractivity contribution is -0.385. The van der Waals surface area contributed by atoms with Gasteiger partial charge in [0.2, 0.25) is 5.91 Å². The van der Waals surface area contributed by atoms with E-state index in [-0.39, 0.29) is 40.8 Å². The predicted octanol–water partition coefficient (Wildman–Crippen LogP) is 3.82. The summed E-state index contributed by atoms with van der Waals surface area (Å²) in [5, 5.41) is 14.5. The number of benzene rings is 3. The molecule has 1 heterocycles. The number of amides is 1. The van der Waals surface area contributed by atoms with Gasteiger partial charge in [-0.15, -0.1) is 0 Å². The smallest absolute Gasteiger partial charge is 0.314 e. The largest absolute Gasteiger partial charge is 0.497 e. The van der Waals surface area contributed by atoms with E-state index in [2.05, 4.69) is 5.32 Å². The van der Waals surface area contributed by atoms with Gasteiger partial charge in [-0.05, 0) is 43.4 Å². The average Bonchev–Trinajstić information content (AvgIpc) is 2.98.